The Labute approximate surface area is 137 Å². The molecule has 1 saturated heterocycles. The lowest BCUT2D eigenvalue weighted by Gasteiger charge is -2.16. The first-order valence-corrected chi connectivity index (χ1v) is 8.34. The third-order valence-corrected chi connectivity index (χ3v) is 4.24. The molecule has 0 spiro atoms. The highest BCUT2D eigenvalue weighted by molar-refractivity contribution is 5.92. The number of nitrogens with two attached hydrogens (primary N) is 1. The summed E-state index contributed by atoms with van der Waals surface area (Å²) in [5.41, 5.74) is 6.95. The van der Waals surface area contributed by atoms with Crippen LogP contribution in [-0.2, 0) is 16.0 Å². The van der Waals surface area contributed by atoms with Crippen molar-refractivity contribution < 1.29 is 14.3 Å². The van der Waals surface area contributed by atoms with Crippen LogP contribution in [0.25, 0.3) is 0 Å². The van der Waals surface area contributed by atoms with Crippen molar-refractivity contribution in [2.45, 2.75) is 32.6 Å². The zero-order valence-corrected chi connectivity index (χ0v) is 13.8. The first-order valence-electron chi connectivity index (χ1n) is 8.34. The van der Waals surface area contributed by atoms with Gasteiger partial charge in [-0.1, -0.05) is 25.5 Å². The number of primary amides is 1. The van der Waals surface area contributed by atoms with Gasteiger partial charge < -0.3 is 15.4 Å². The van der Waals surface area contributed by atoms with Crippen LogP contribution in [0.5, 0.6) is 0 Å². The highest BCUT2D eigenvalue weighted by atomic mass is 16.5. The first kappa shape index (κ1) is 17.5. The summed E-state index contributed by atoms with van der Waals surface area (Å²) in [5.74, 6) is 0.103. The van der Waals surface area contributed by atoms with Gasteiger partial charge in [0, 0.05) is 25.3 Å². The Morgan fingerprint density at radius 1 is 1.39 bits per heavy atom. The number of nitrogens with zero attached hydrogens (tertiary/aromatic N) is 1. The Morgan fingerprint density at radius 2 is 2.22 bits per heavy atom. The number of likely N-dealkylation sites (tertiary alicyclic amines) is 1. The number of carbonyl (C=O) groups excluding carboxylic acids is 2. The number of benzene rings is 1. The van der Waals surface area contributed by atoms with Crippen LogP contribution in [0.3, 0.4) is 0 Å². The molecule has 1 aromatic carbocycles. The van der Waals surface area contributed by atoms with Crippen molar-refractivity contribution in [3.63, 3.8) is 0 Å². The molecule has 1 atom stereocenters. The maximum Gasteiger partial charge on any atom is 0.248 e. The highest BCUT2D eigenvalue weighted by Gasteiger charge is 2.26. The van der Waals surface area contributed by atoms with E-state index in [1.54, 1.807) is 6.07 Å². The molecule has 1 aliphatic heterocycles. The standard InChI is InChI=1S/C18H26N2O3/c1-2-3-9-23-13-17(21)20-8-7-15(12-20)10-14-5-4-6-16(11-14)18(19)22/h4-6,11,15H,2-3,7-10,12-13H2,1H3,(H2,19,22). The quantitative estimate of drug-likeness (QED) is 0.745. The molecule has 2 N–H and O–H groups in total. The Bertz CT molecular complexity index is 545. The number of hydrogen-bond donors (Lipinski definition) is 1. The molecule has 0 bridgehead atoms. The molecule has 1 fully saturated rings. The van der Waals surface area contributed by atoms with E-state index in [0.29, 0.717) is 18.1 Å². The average molecular weight is 318 g/mol. The SMILES string of the molecule is CCCCOCC(=O)N1CCC(Cc2cccc(C(N)=O)c2)C1. The summed E-state index contributed by atoms with van der Waals surface area (Å²) in [4.78, 5) is 25.2. The molecule has 0 aliphatic carbocycles. The van der Waals surface area contributed by atoms with E-state index < -0.39 is 5.91 Å². The van der Waals surface area contributed by atoms with Gasteiger partial charge in [-0.15, -0.1) is 0 Å². The van der Waals surface area contributed by atoms with Gasteiger partial charge in [0.05, 0.1) is 0 Å². The number of hydrogen-bond acceptors (Lipinski definition) is 3. The van der Waals surface area contributed by atoms with Gasteiger partial charge in [0.1, 0.15) is 6.61 Å². The summed E-state index contributed by atoms with van der Waals surface area (Å²) < 4.78 is 5.40. The van der Waals surface area contributed by atoms with E-state index >= 15 is 0 Å². The molecule has 1 aliphatic rings. The molecule has 1 unspecified atom stereocenters. The molecule has 5 heteroatoms. The van der Waals surface area contributed by atoms with Crippen LogP contribution in [0.4, 0.5) is 0 Å². The molecule has 0 saturated carbocycles. The topological polar surface area (TPSA) is 72.6 Å². The molecule has 126 valence electrons. The molecule has 5 nitrogen and oxygen atoms in total. The lowest BCUT2D eigenvalue weighted by atomic mass is 9.97. The van der Waals surface area contributed by atoms with Gasteiger partial charge in [-0.05, 0) is 42.9 Å². The minimum atomic E-state index is -0.403. The van der Waals surface area contributed by atoms with Crippen molar-refractivity contribution in [2.24, 2.45) is 11.7 Å². The molecule has 2 rings (SSSR count). The van der Waals surface area contributed by atoms with E-state index in [2.05, 4.69) is 6.92 Å². The number of carbonyl (C=O) groups is 2. The monoisotopic (exact) mass is 318 g/mol. The highest BCUT2D eigenvalue weighted by Crippen LogP contribution is 2.21. The van der Waals surface area contributed by atoms with Crippen LogP contribution in [0.15, 0.2) is 24.3 Å². The largest absolute Gasteiger partial charge is 0.372 e. The van der Waals surface area contributed by atoms with Crippen molar-refractivity contribution in [3.05, 3.63) is 35.4 Å². The lowest BCUT2D eigenvalue weighted by molar-refractivity contribution is -0.135. The van der Waals surface area contributed by atoms with E-state index in [0.717, 1.165) is 44.3 Å². The normalized spacial score (nSPS) is 17.4. The zero-order valence-electron chi connectivity index (χ0n) is 13.8. The van der Waals surface area contributed by atoms with Crippen molar-refractivity contribution >= 4 is 11.8 Å². The predicted molar refractivity (Wildman–Crippen MR) is 89.1 cm³/mol. The van der Waals surface area contributed by atoms with Gasteiger partial charge in [0.2, 0.25) is 11.8 Å². The van der Waals surface area contributed by atoms with Gasteiger partial charge >= 0.3 is 0 Å². The zero-order chi connectivity index (χ0) is 16.7. The van der Waals surface area contributed by atoms with Crippen molar-refractivity contribution in [3.8, 4) is 0 Å². The van der Waals surface area contributed by atoms with Crippen LogP contribution in [0.2, 0.25) is 0 Å². The Hall–Kier alpha value is -1.88. The third kappa shape index (κ3) is 5.36. The molecule has 0 radical (unpaired) electrons. The van der Waals surface area contributed by atoms with Crippen LogP contribution >= 0.6 is 0 Å². The second kappa shape index (κ2) is 8.67. The summed E-state index contributed by atoms with van der Waals surface area (Å²) in [6.45, 7) is 4.49. The summed E-state index contributed by atoms with van der Waals surface area (Å²) in [6.07, 6.45) is 3.92. The maximum atomic E-state index is 12.1. The molecule has 23 heavy (non-hydrogen) atoms. The molecule has 1 heterocycles. The lowest BCUT2D eigenvalue weighted by Crippen LogP contribution is -2.32. The van der Waals surface area contributed by atoms with E-state index in [1.807, 2.05) is 23.1 Å². The fourth-order valence-corrected chi connectivity index (χ4v) is 2.91. The Morgan fingerprint density at radius 3 is 2.96 bits per heavy atom. The predicted octanol–water partition coefficient (Wildman–Crippen LogP) is 1.99. The fraction of sp³-hybridized carbons (Fsp3) is 0.556. The van der Waals surface area contributed by atoms with Gasteiger partial charge in [-0.2, -0.15) is 0 Å². The van der Waals surface area contributed by atoms with Crippen LogP contribution in [0, 0.1) is 5.92 Å². The van der Waals surface area contributed by atoms with Crippen molar-refractivity contribution in [2.75, 3.05) is 26.3 Å². The van der Waals surface area contributed by atoms with Crippen molar-refractivity contribution in [1.29, 1.82) is 0 Å². The third-order valence-electron chi connectivity index (χ3n) is 4.24. The van der Waals surface area contributed by atoms with Gasteiger partial charge in [0.25, 0.3) is 0 Å². The van der Waals surface area contributed by atoms with Gasteiger partial charge in [0.15, 0.2) is 0 Å². The number of ether oxygens (including phenoxy) is 1. The second-order valence-corrected chi connectivity index (χ2v) is 6.17. The summed E-state index contributed by atoms with van der Waals surface area (Å²) in [5, 5.41) is 0. The van der Waals surface area contributed by atoms with Crippen LogP contribution < -0.4 is 5.73 Å². The Kier molecular flexibility index (Phi) is 6.59. The molecular weight excluding hydrogens is 292 g/mol. The summed E-state index contributed by atoms with van der Waals surface area (Å²) in [7, 11) is 0. The maximum absolute atomic E-state index is 12.1. The van der Waals surface area contributed by atoms with E-state index in [-0.39, 0.29) is 12.5 Å². The van der Waals surface area contributed by atoms with E-state index in [4.69, 9.17) is 10.5 Å². The van der Waals surface area contributed by atoms with E-state index in [1.165, 1.54) is 0 Å². The smallest absolute Gasteiger partial charge is 0.248 e. The van der Waals surface area contributed by atoms with Crippen LogP contribution in [0.1, 0.15) is 42.1 Å². The average Bonchev–Trinajstić information content (AvgIpc) is 3.00. The summed E-state index contributed by atoms with van der Waals surface area (Å²) in [6, 6.07) is 7.43. The van der Waals surface area contributed by atoms with Crippen molar-refractivity contribution in [1.82, 2.24) is 4.90 Å². The molecule has 0 aromatic heterocycles. The molecule has 2 amide bonds. The van der Waals surface area contributed by atoms with Crippen LogP contribution in [-0.4, -0.2) is 43.0 Å². The number of rotatable bonds is 8. The number of amides is 2. The Balaban J connectivity index is 1.80. The first-order chi connectivity index (χ1) is 11.1. The van der Waals surface area contributed by atoms with Gasteiger partial charge in [-0.25, -0.2) is 0 Å². The number of unbranched alkanes of at least 4 members (excludes halogenated alkanes) is 1. The van der Waals surface area contributed by atoms with E-state index in [9.17, 15) is 9.59 Å². The molecule has 1 aromatic rings. The summed E-state index contributed by atoms with van der Waals surface area (Å²) >= 11 is 0. The second-order valence-electron chi connectivity index (χ2n) is 6.17. The van der Waals surface area contributed by atoms with Gasteiger partial charge in [-0.3, -0.25) is 9.59 Å². The minimum absolute atomic E-state index is 0.0782. The minimum Gasteiger partial charge on any atom is -0.372 e. The molecular formula is C18H26N2O3. The fourth-order valence-electron chi connectivity index (χ4n) is 2.91.